The third-order valence-corrected chi connectivity index (χ3v) is 3.77. The molecule has 0 bridgehead atoms. The first kappa shape index (κ1) is 16.4. The Hall–Kier alpha value is -2.41. The van der Waals surface area contributed by atoms with Gasteiger partial charge in [0.2, 0.25) is 0 Å². The van der Waals surface area contributed by atoms with Crippen LogP contribution in [0.2, 0.25) is 0 Å². The number of halogens is 1. The van der Waals surface area contributed by atoms with Gasteiger partial charge in [-0.15, -0.1) is 0 Å². The fraction of sp³-hybridized carbons (Fsp3) is 0.412. The highest BCUT2D eigenvalue weighted by Crippen LogP contribution is 2.15. The van der Waals surface area contributed by atoms with Crippen LogP contribution in [0, 0.1) is 5.82 Å². The predicted octanol–water partition coefficient (Wildman–Crippen LogP) is 2.61. The Kier molecular flexibility index (Phi) is 5.43. The fourth-order valence-corrected chi connectivity index (χ4v) is 2.56. The van der Waals surface area contributed by atoms with Crippen LogP contribution >= 0.6 is 0 Å². The van der Waals surface area contributed by atoms with Crippen molar-refractivity contribution >= 4 is 11.6 Å². The minimum Gasteiger partial charge on any atom is -0.484 e. The van der Waals surface area contributed by atoms with Gasteiger partial charge in [0.15, 0.2) is 6.61 Å². The molecule has 24 heavy (non-hydrogen) atoms. The van der Waals surface area contributed by atoms with Crippen LogP contribution in [0.3, 0.4) is 0 Å². The molecule has 1 aliphatic rings. The van der Waals surface area contributed by atoms with Crippen LogP contribution in [-0.2, 0) is 16.1 Å². The van der Waals surface area contributed by atoms with Crippen LogP contribution in [0.4, 0.5) is 10.1 Å². The van der Waals surface area contributed by atoms with Gasteiger partial charge in [-0.1, -0.05) is 0 Å². The maximum atomic E-state index is 12.8. The number of benzene rings is 1. The van der Waals surface area contributed by atoms with Crippen molar-refractivity contribution in [2.24, 2.45) is 0 Å². The SMILES string of the molecule is O=C(COc1ccc(F)cc1)Nc1cnn(CC2CCCCO2)c1. The standard InChI is InChI=1S/C17H20FN3O3/c18-13-4-6-15(7-5-13)24-12-17(22)20-14-9-19-21(10-14)11-16-3-1-2-8-23-16/h4-7,9-10,16H,1-3,8,11-12H2,(H,20,22). The quantitative estimate of drug-likeness (QED) is 0.882. The molecule has 1 atom stereocenters. The third-order valence-electron chi connectivity index (χ3n) is 3.77. The minimum absolute atomic E-state index is 0.150. The first-order valence-electron chi connectivity index (χ1n) is 8.01. The Balaban J connectivity index is 1.45. The lowest BCUT2D eigenvalue weighted by Gasteiger charge is -2.22. The Morgan fingerprint density at radius 1 is 1.38 bits per heavy atom. The van der Waals surface area contributed by atoms with Crippen molar-refractivity contribution in [2.75, 3.05) is 18.5 Å². The number of carbonyl (C=O) groups excluding carboxylic acids is 1. The van der Waals surface area contributed by atoms with Gasteiger partial charge < -0.3 is 14.8 Å². The molecule has 0 radical (unpaired) electrons. The largest absolute Gasteiger partial charge is 0.484 e. The molecule has 1 N–H and O–H groups in total. The van der Waals surface area contributed by atoms with E-state index in [-0.39, 0.29) is 24.4 Å². The van der Waals surface area contributed by atoms with Crippen molar-refractivity contribution in [1.29, 1.82) is 0 Å². The molecular formula is C17H20FN3O3. The molecular weight excluding hydrogens is 313 g/mol. The average molecular weight is 333 g/mol. The number of ether oxygens (including phenoxy) is 2. The second-order valence-electron chi connectivity index (χ2n) is 5.73. The maximum absolute atomic E-state index is 12.8. The zero-order valence-corrected chi connectivity index (χ0v) is 13.3. The molecule has 1 aromatic carbocycles. The first-order valence-corrected chi connectivity index (χ1v) is 8.01. The van der Waals surface area contributed by atoms with Gasteiger partial charge in [0.1, 0.15) is 11.6 Å². The van der Waals surface area contributed by atoms with Crippen molar-refractivity contribution in [2.45, 2.75) is 31.9 Å². The molecule has 1 amide bonds. The lowest BCUT2D eigenvalue weighted by Crippen LogP contribution is -2.24. The molecule has 2 heterocycles. The number of amides is 1. The molecule has 2 aromatic rings. The van der Waals surface area contributed by atoms with Gasteiger partial charge in [0.05, 0.1) is 24.5 Å². The summed E-state index contributed by atoms with van der Waals surface area (Å²) in [5.74, 6) is -0.203. The van der Waals surface area contributed by atoms with E-state index in [9.17, 15) is 9.18 Å². The first-order chi connectivity index (χ1) is 11.7. The van der Waals surface area contributed by atoms with Gasteiger partial charge >= 0.3 is 0 Å². The number of hydrogen-bond acceptors (Lipinski definition) is 4. The van der Waals surface area contributed by atoms with E-state index in [1.165, 1.54) is 30.7 Å². The van der Waals surface area contributed by atoms with Gasteiger partial charge in [-0.3, -0.25) is 9.48 Å². The normalized spacial score (nSPS) is 17.5. The summed E-state index contributed by atoms with van der Waals surface area (Å²) in [5.41, 5.74) is 0.610. The Bertz CT molecular complexity index is 666. The van der Waals surface area contributed by atoms with E-state index < -0.39 is 0 Å². The molecule has 3 rings (SSSR count). The van der Waals surface area contributed by atoms with Crippen molar-refractivity contribution in [3.8, 4) is 5.75 Å². The topological polar surface area (TPSA) is 65.4 Å². The van der Waals surface area contributed by atoms with E-state index in [1.54, 1.807) is 17.1 Å². The van der Waals surface area contributed by atoms with Gasteiger partial charge in [-0.05, 0) is 43.5 Å². The van der Waals surface area contributed by atoms with Crippen LogP contribution in [0.25, 0.3) is 0 Å². The van der Waals surface area contributed by atoms with E-state index in [2.05, 4.69) is 10.4 Å². The van der Waals surface area contributed by atoms with Gasteiger partial charge in [-0.25, -0.2) is 4.39 Å². The Morgan fingerprint density at radius 3 is 2.96 bits per heavy atom. The van der Waals surface area contributed by atoms with Crippen LogP contribution in [0.5, 0.6) is 5.75 Å². The summed E-state index contributed by atoms with van der Waals surface area (Å²) in [6, 6.07) is 5.52. The van der Waals surface area contributed by atoms with E-state index in [0.717, 1.165) is 19.4 Å². The summed E-state index contributed by atoms with van der Waals surface area (Å²) in [6.07, 6.45) is 6.88. The summed E-state index contributed by atoms with van der Waals surface area (Å²) in [4.78, 5) is 11.9. The van der Waals surface area contributed by atoms with Gasteiger partial charge in [0.25, 0.3) is 5.91 Å². The highest BCUT2D eigenvalue weighted by atomic mass is 19.1. The van der Waals surface area contributed by atoms with E-state index >= 15 is 0 Å². The number of rotatable bonds is 6. The Labute approximate surface area is 139 Å². The molecule has 1 unspecified atom stereocenters. The molecule has 1 fully saturated rings. The molecule has 1 aliphatic heterocycles. The number of aromatic nitrogens is 2. The van der Waals surface area contributed by atoms with Crippen LogP contribution in [0.15, 0.2) is 36.7 Å². The van der Waals surface area contributed by atoms with Crippen molar-refractivity contribution in [3.05, 3.63) is 42.5 Å². The summed E-state index contributed by atoms with van der Waals surface area (Å²) in [6.45, 7) is 1.33. The summed E-state index contributed by atoms with van der Waals surface area (Å²) in [5, 5.41) is 6.95. The van der Waals surface area contributed by atoms with Crippen LogP contribution < -0.4 is 10.1 Å². The zero-order chi connectivity index (χ0) is 16.8. The Morgan fingerprint density at radius 2 is 2.21 bits per heavy atom. The second-order valence-corrected chi connectivity index (χ2v) is 5.73. The average Bonchev–Trinajstić information content (AvgIpc) is 3.02. The molecule has 1 saturated heterocycles. The van der Waals surface area contributed by atoms with Crippen molar-refractivity contribution < 1.29 is 18.7 Å². The summed E-state index contributed by atoms with van der Waals surface area (Å²) < 4.78 is 25.5. The molecule has 1 aromatic heterocycles. The molecule has 7 heteroatoms. The number of nitrogens with zero attached hydrogens (tertiary/aromatic N) is 2. The van der Waals surface area contributed by atoms with Crippen molar-refractivity contribution in [1.82, 2.24) is 9.78 Å². The minimum atomic E-state index is -0.346. The van der Waals surface area contributed by atoms with Gasteiger partial charge in [-0.2, -0.15) is 5.10 Å². The van der Waals surface area contributed by atoms with E-state index in [0.29, 0.717) is 18.0 Å². The lowest BCUT2D eigenvalue weighted by atomic mass is 10.1. The third kappa shape index (κ3) is 4.79. The number of carbonyl (C=O) groups is 1. The lowest BCUT2D eigenvalue weighted by molar-refractivity contribution is -0.118. The maximum Gasteiger partial charge on any atom is 0.262 e. The van der Waals surface area contributed by atoms with Crippen LogP contribution in [-0.4, -0.2) is 35.0 Å². The second kappa shape index (κ2) is 7.92. The highest BCUT2D eigenvalue weighted by molar-refractivity contribution is 5.91. The number of hydrogen-bond donors (Lipinski definition) is 1. The van der Waals surface area contributed by atoms with Crippen molar-refractivity contribution in [3.63, 3.8) is 0 Å². The summed E-state index contributed by atoms with van der Waals surface area (Å²) in [7, 11) is 0. The fourth-order valence-electron chi connectivity index (χ4n) is 2.56. The van der Waals surface area contributed by atoms with E-state index in [4.69, 9.17) is 9.47 Å². The number of nitrogens with one attached hydrogen (secondary N) is 1. The summed E-state index contributed by atoms with van der Waals surface area (Å²) >= 11 is 0. The molecule has 0 spiro atoms. The molecule has 0 aliphatic carbocycles. The monoisotopic (exact) mass is 333 g/mol. The zero-order valence-electron chi connectivity index (χ0n) is 13.3. The molecule has 6 nitrogen and oxygen atoms in total. The smallest absolute Gasteiger partial charge is 0.262 e. The molecule has 128 valence electrons. The van der Waals surface area contributed by atoms with E-state index in [1.807, 2.05) is 0 Å². The van der Waals surface area contributed by atoms with Gasteiger partial charge in [0, 0.05) is 12.8 Å². The number of anilines is 1. The van der Waals surface area contributed by atoms with Crippen LogP contribution in [0.1, 0.15) is 19.3 Å². The predicted molar refractivity (Wildman–Crippen MR) is 86.3 cm³/mol. The highest BCUT2D eigenvalue weighted by Gasteiger charge is 2.15. The molecule has 0 saturated carbocycles.